The predicted octanol–water partition coefficient (Wildman–Crippen LogP) is 10.8. The summed E-state index contributed by atoms with van der Waals surface area (Å²) in [5.74, 6) is 1.91. The van der Waals surface area contributed by atoms with Gasteiger partial charge in [-0.1, -0.05) is 127 Å². The molecule has 0 amide bonds. The molecule has 0 atom stereocenters. The molecule has 228 valence electrons. The fraction of sp³-hybridized carbons (Fsp3) is 0. The highest BCUT2D eigenvalue weighted by atomic mass is 15.0. The summed E-state index contributed by atoms with van der Waals surface area (Å²) in [5, 5.41) is 9.27. The first-order valence-electron chi connectivity index (χ1n) is 16.4. The van der Waals surface area contributed by atoms with E-state index >= 15 is 0 Å². The van der Waals surface area contributed by atoms with Gasteiger partial charge in [-0.05, 0) is 67.4 Å². The van der Waals surface area contributed by atoms with Crippen molar-refractivity contribution < 1.29 is 0 Å². The van der Waals surface area contributed by atoms with Crippen LogP contribution in [-0.4, -0.2) is 24.3 Å². The van der Waals surface area contributed by atoms with Gasteiger partial charge in [-0.25, -0.2) is 19.9 Å². The number of fused-ring (bicyclic) bond motifs is 7. The summed E-state index contributed by atoms with van der Waals surface area (Å²) in [5.41, 5.74) is 5.73. The van der Waals surface area contributed by atoms with Crippen LogP contribution in [0.3, 0.4) is 0 Å². The summed E-state index contributed by atoms with van der Waals surface area (Å²) >= 11 is 0. The van der Waals surface area contributed by atoms with Crippen molar-refractivity contribution in [2.75, 3.05) is 0 Å². The maximum Gasteiger partial charge on any atom is 0.164 e. The molecule has 0 unspecified atom stereocenters. The number of pyridine rings is 1. The molecular formula is C44H27N5. The highest BCUT2D eigenvalue weighted by Crippen LogP contribution is 2.38. The molecule has 0 aliphatic carbocycles. The lowest BCUT2D eigenvalue weighted by atomic mass is 9.96. The summed E-state index contributed by atoms with van der Waals surface area (Å²) in [7, 11) is 0. The molecule has 0 fully saturated rings. The van der Waals surface area contributed by atoms with Crippen LogP contribution in [0.1, 0.15) is 0 Å². The van der Waals surface area contributed by atoms with E-state index in [1.165, 1.54) is 21.5 Å². The topological polar surface area (TPSA) is 56.0 Å². The minimum Gasteiger partial charge on any atom is -0.306 e. The SMILES string of the molecule is c1ccc2c(c1)cc(-c1nc(-c3ccc(-c4cn5ccccc5n4)cc3)nc(-c3cc4ccccc4c4ccccc34)n1)c1ccccc12. The Labute approximate surface area is 281 Å². The van der Waals surface area contributed by atoms with E-state index in [1.807, 2.05) is 28.8 Å². The molecule has 3 heterocycles. The largest absolute Gasteiger partial charge is 0.306 e. The third kappa shape index (κ3) is 4.55. The van der Waals surface area contributed by atoms with E-state index < -0.39 is 0 Å². The molecule has 0 radical (unpaired) electrons. The van der Waals surface area contributed by atoms with Crippen LogP contribution in [0.25, 0.3) is 94.2 Å². The fourth-order valence-electron chi connectivity index (χ4n) is 7.09. The Hall–Kier alpha value is -6.72. The average molecular weight is 626 g/mol. The van der Waals surface area contributed by atoms with Crippen molar-refractivity contribution in [3.05, 3.63) is 164 Å². The van der Waals surface area contributed by atoms with Gasteiger partial charge in [0, 0.05) is 34.6 Å². The quantitative estimate of drug-likeness (QED) is 0.183. The van der Waals surface area contributed by atoms with Crippen LogP contribution < -0.4 is 0 Å². The molecule has 10 rings (SSSR count). The minimum atomic E-state index is 0.621. The maximum absolute atomic E-state index is 5.27. The van der Waals surface area contributed by atoms with Crippen LogP contribution in [0.15, 0.2) is 164 Å². The molecule has 0 saturated carbocycles. The Bertz CT molecular complexity index is 2720. The van der Waals surface area contributed by atoms with E-state index in [-0.39, 0.29) is 0 Å². The number of hydrogen-bond donors (Lipinski definition) is 0. The second-order valence-electron chi connectivity index (χ2n) is 12.4. The second-order valence-corrected chi connectivity index (χ2v) is 12.4. The highest BCUT2D eigenvalue weighted by molar-refractivity contribution is 6.14. The lowest BCUT2D eigenvalue weighted by Crippen LogP contribution is -2.01. The van der Waals surface area contributed by atoms with Gasteiger partial charge in [-0.3, -0.25) is 0 Å². The normalized spacial score (nSPS) is 11.7. The zero-order valence-corrected chi connectivity index (χ0v) is 26.3. The van der Waals surface area contributed by atoms with Crippen molar-refractivity contribution >= 4 is 48.7 Å². The van der Waals surface area contributed by atoms with Crippen molar-refractivity contribution in [1.82, 2.24) is 24.3 Å². The predicted molar refractivity (Wildman–Crippen MR) is 200 cm³/mol. The van der Waals surface area contributed by atoms with Gasteiger partial charge in [0.2, 0.25) is 0 Å². The molecule has 5 heteroatoms. The average Bonchev–Trinajstić information content (AvgIpc) is 3.62. The maximum atomic E-state index is 5.27. The first-order chi connectivity index (χ1) is 24.3. The highest BCUT2D eigenvalue weighted by Gasteiger charge is 2.18. The fourth-order valence-corrected chi connectivity index (χ4v) is 7.09. The van der Waals surface area contributed by atoms with Crippen LogP contribution in [0.5, 0.6) is 0 Å². The Morgan fingerprint density at radius 1 is 0.367 bits per heavy atom. The van der Waals surface area contributed by atoms with Crippen molar-refractivity contribution in [3.63, 3.8) is 0 Å². The van der Waals surface area contributed by atoms with Gasteiger partial charge >= 0.3 is 0 Å². The lowest BCUT2D eigenvalue weighted by Gasteiger charge is -2.14. The summed E-state index contributed by atoms with van der Waals surface area (Å²) in [4.78, 5) is 20.5. The van der Waals surface area contributed by atoms with Gasteiger partial charge in [-0.15, -0.1) is 0 Å². The van der Waals surface area contributed by atoms with Crippen LogP contribution in [-0.2, 0) is 0 Å². The van der Waals surface area contributed by atoms with E-state index in [9.17, 15) is 0 Å². The number of hydrogen-bond acceptors (Lipinski definition) is 4. The molecule has 0 spiro atoms. The molecule has 0 saturated heterocycles. The smallest absolute Gasteiger partial charge is 0.164 e. The number of rotatable bonds is 4. The molecule has 49 heavy (non-hydrogen) atoms. The van der Waals surface area contributed by atoms with Crippen LogP contribution >= 0.6 is 0 Å². The zero-order chi connectivity index (χ0) is 32.3. The van der Waals surface area contributed by atoms with Crippen molar-refractivity contribution in [1.29, 1.82) is 0 Å². The van der Waals surface area contributed by atoms with Crippen LogP contribution in [0, 0.1) is 0 Å². The molecule has 5 nitrogen and oxygen atoms in total. The standard InChI is InChI=1S/C44H27N5/c1-3-13-32-30(11-1)25-38(36-17-7-5-15-34(32)36)43-46-42(29-22-20-28(21-23-29)40-27-49-24-10-9-19-41(49)45-40)47-44(48-43)39-26-31-12-2-4-14-33(31)35-16-6-8-18-37(35)39/h1-27H. The minimum absolute atomic E-state index is 0.621. The number of imidazole rings is 1. The summed E-state index contributed by atoms with van der Waals surface area (Å²) in [6.07, 6.45) is 4.07. The van der Waals surface area contributed by atoms with Gasteiger partial charge in [0.25, 0.3) is 0 Å². The van der Waals surface area contributed by atoms with E-state index in [0.29, 0.717) is 17.5 Å². The van der Waals surface area contributed by atoms with E-state index in [4.69, 9.17) is 19.9 Å². The third-order valence-corrected chi connectivity index (χ3v) is 9.46. The summed E-state index contributed by atoms with van der Waals surface area (Å²) < 4.78 is 2.04. The summed E-state index contributed by atoms with van der Waals surface area (Å²) in [6, 6.07) is 52.8. The van der Waals surface area contributed by atoms with Gasteiger partial charge in [0.15, 0.2) is 17.5 Å². The third-order valence-electron chi connectivity index (χ3n) is 9.46. The monoisotopic (exact) mass is 625 g/mol. The molecule has 0 aliphatic heterocycles. The first-order valence-corrected chi connectivity index (χ1v) is 16.4. The summed E-state index contributed by atoms with van der Waals surface area (Å²) in [6.45, 7) is 0. The Balaban J connectivity index is 1.22. The molecular weight excluding hydrogens is 599 g/mol. The van der Waals surface area contributed by atoms with Gasteiger partial charge in [-0.2, -0.15) is 0 Å². The first kappa shape index (κ1) is 27.4. The van der Waals surface area contributed by atoms with E-state index in [2.05, 4.69) is 140 Å². The molecule has 3 aromatic heterocycles. The number of aromatic nitrogens is 5. The zero-order valence-electron chi connectivity index (χ0n) is 26.3. The molecule has 10 aromatic rings. The van der Waals surface area contributed by atoms with Crippen molar-refractivity contribution in [3.8, 4) is 45.4 Å². The molecule has 0 bridgehead atoms. The van der Waals surface area contributed by atoms with Crippen LogP contribution in [0.4, 0.5) is 0 Å². The van der Waals surface area contributed by atoms with E-state index in [0.717, 1.165) is 55.1 Å². The van der Waals surface area contributed by atoms with Crippen LogP contribution in [0.2, 0.25) is 0 Å². The Morgan fingerprint density at radius 2 is 0.837 bits per heavy atom. The lowest BCUT2D eigenvalue weighted by molar-refractivity contribution is 1.08. The molecule has 7 aromatic carbocycles. The van der Waals surface area contributed by atoms with Crippen molar-refractivity contribution in [2.45, 2.75) is 0 Å². The Morgan fingerprint density at radius 3 is 1.41 bits per heavy atom. The Kier molecular flexibility index (Phi) is 6.11. The molecule has 0 N–H and O–H groups in total. The van der Waals surface area contributed by atoms with Gasteiger partial charge < -0.3 is 4.40 Å². The number of benzene rings is 7. The van der Waals surface area contributed by atoms with Gasteiger partial charge in [0.1, 0.15) is 5.65 Å². The van der Waals surface area contributed by atoms with Gasteiger partial charge in [0.05, 0.1) is 5.69 Å². The van der Waals surface area contributed by atoms with E-state index in [1.54, 1.807) is 0 Å². The molecule has 0 aliphatic rings. The second kappa shape index (κ2) is 10.9. The number of nitrogens with zero attached hydrogens (tertiary/aromatic N) is 5. The van der Waals surface area contributed by atoms with Crippen molar-refractivity contribution in [2.24, 2.45) is 0 Å².